The molecule has 0 aromatic carbocycles. The molecule has 0 amide bonds. The summed E-state index contributed by atoms with van der Waals surface area (Å²) in [5.41, 5.74) is 1.03. The van der Waals surface area contributed by atoms with Crippen molar-refractivity contribution in [1.82, 2.24) is 9.29 Å². The largest absolute Gasteiger partial charge is 0.368 e. The molecule has 2 heterocycles. The lowest BCUT2D eigenvalue weighted by atomic mass is 10.3. The van der Waals surface area contributed by atoms with E-state index in [1.54, 1.807) is 10.5 Å². The molecule has 1 saturated heterocycles. The van der Waals surface area contributed by atoms with Gasteiger partial charge in [-0.05, 0) is 28.4 Å². The first kappa shape index (κ1) is 16.7. The van der Waals surface area contributed by atoms with Gasteiger partial charge in [0.1, 0.15) is 0 Å². The van der Waals surface area contributed by atoms with Gasteiger partial charge in [0.25, 0.3) is 0 Å². The van der Waals surface area contributed by atoms with Crippen LogP contribution >= 0.6 is 15.9 Å². The first-order chi connectivity index (χ1) is 10.0. The molecule has 5 nitrogen and oxygen atoms in total. The van der Waals surface area contributed by atoms with Crippen molar-refractivity contribution >= 4 is 31.6 Å². The number of aromatic nitrogens is 1. The van der Waals surface area contributed by atoms with Crippen molar-refractivity contribution < 1.29 is 8.42 Å². The minimum atomic E-state index is -3.09. The van der Waals surface area contributed by atoms with E-state index in [0.717, 1.165) is 29.4 Å². The van der Waals surface area contributed by atoms with Gasteiger partial charge in [0, 0.05) is 36.8 Å². The van der Waals surface area contributed by atoms with Crippen molar-refractivity contribution in [3.8, 4) is 0 Å². The lowest BCUT2D eigenvalue weighted by Crippen LogP contribution is -2.49. The fraction of sp³-hybridized carbons (Fsp3) is 0.643. The molecule has 0 radical (unpaired) electrons. The molecule has 0 atom stereocenters. The number of unbranched alkanes of at least 4 members (excludes halogenated alkanes) is 2. The summed E-state index contributed by atoms with van der Waals surface area (Å²) in [6, 6.07) is 2.01. The van der Waals surface area contributed by atoms with Crippen molar-refractivity contribution in [1.29, 1.82) is 0 Å². The smallest absolute Gasteiger partial charge is 0.214 e. The first-order valence-electron chi connectivity index (χ1n) is 7.36. The zero-order chi connectivity index (χ0) is 15.3. The van der Waals surface area contributed by atoms with Crippen molar-refractivity contribution in [2.24, 2.45) is 0 Å². The van der Waals surface area contributed by atoms with Crippen molar-refractivity contribution in [2.75, 3.05) is 36.8 Å². The molecule has 0 N–H and O–H groups in total. The van der Waals surface area contributed by atoms with E-state index in [9.17, 15) is 8.42 Å². The zero-order valence-corrected chi connectivity index (χ0v) is 14.7. The van der Waals surface area contributed by atoms with Crippen LogP contribution in [0.3, 0.4) is 0 Å². The minimum absolute atomic E-state index is 0.277. The summed E-state index contributed by atoms with van der Waals surface area (Å²) in [7, 11) is -3.09. The van der Waals surface area contributed by atoms with E-state index in [2.05, 4.69) is 32.7 Å². The van der Waals surface area contributed by atoms with Gasteiger partial charge in [-0.3, -0.25) is 4.98 Å². The zero-order valence-electron chi connectivity index (χ0n) is 12.3. The third kappa shape index (κ3) is 4.66. The Morgan fingerprint density at radius 1 is 1.19 bits per heavy atom. The number of halogens is 1. The molecule has 1 aromatic heterocycles. The van der Waals surface area contributed by atoms with E-state index in [-0.39, 0.29) is 5.75 Å². The van der Waals surface area contributed by atoms with Crippen LogP contribution in [-0.2, 0) is 10.0 Å². The average molecular weight is 376 g/mol. The van der Waals surface area contributed by atoms with Gasteiger partial charge in [-0.25, -0.2) is 8.42 Å². The van der Waals surface area contributed by atoms with Gasteiger partial charge >= 0.3 is 0 Å². The van der Waals surface area contributed by atoms with E-state index in [0.29, 0.717) is 26.2 Å². The highest BCUT2D eigenvalue weighted by molar-refractivity contribution is 9.10. The number of piperazine rings is 1. The number of hydrogen-bond acceptors (Lipinski definition) is 4. The Bertz CT molecular complexity index is 557. The van der Waals surface area contributed by atoms with Crippen LogP contribution in [0.2, 0.25) is 0 Å². The van der Waals surface area contributed by atoms with Crippen LogP contribution in [0.5, 0.6) is 0 Å². The fourth-order valence-corrected chi connectivity index (χ4v) is 4.36. The molecule has 118 valence electrons. The Morgan fingerprint density at radius 3 is 2.52 bits per heavy atom. The average Bonchev–Trinajstić information content (AvgIpc) is 2.47. The molecule has 2 rings (SSSR count). The molecule has 0 spiro atoms. The highest BCUT2D eigenvalue weighted by atomic mass is 79.9. The second-order valence-electron chi connectivity index (χ2n) is 5.27. The first-order valence-corrected chi connectivity index (χ1v) is 9.76. The predicted octanol–water partition coefficient (Wildman–Crippen LogP) is 2.49. The van der Waals surface area contributed by atoms with Crippen molar-refractivity contribution in [3.63, 3.8) is 0 Å². The Morgan fingerprint density at radius 2 is 1.90 bits per heavy atom. The normalized spacial score (nSPS) is 17.1. The molecular formula is C14H22BrN3O2S. The molecular weight excluding hydrogens is 354 g/mol. The third-order valence-corrected chi connectivity index (χ3v) is 6.08. The maximum atomic E-state index is 12.2. The van der Waals surface area contributed by atoms with Crippen molar-refractivity contribution in [3.05, 3.63) is 22.9 Å². The number of rotatable bonds is 6. The Balaban J connectivity index is 1.91. The second kappa shape index (κ2) is 7.56. The molecule has 0 bridgehead atoms. The maximum Gasteiger partial charge on any atom is 0.214 e. The highest BCUT2D eigenvalue weighted by Crippen LogP contribution is 2.20. The molecule has 7 heteroatoms. The van der Waals surface area contributed by atoms with Crippen molar-refractivity contribution in [2.45, 2.75) is 26.2 Å². The van der Waals surface area contributed by atoms with Crippen LogP contribution in [0, 0.1) is 0 Å². The van der Waals surface area contributed by atoms with Crippen LogP contribution in [0.15, 0.2) is 22.9 Å². The van der Waals surface area contributed by atoms with Gasteiger partial charge in [-0.15, -0.1) is 0 Å². The van der Waals surface area contributed by atoms with Gasteiger partial charge in [-0.2, -0.15) is 4.31 Å². The summed E-state index contributed by atoms with van der Waals surface area (Å²) in [6.07, 6.45) is 6.34. The Labute approximate surface area is 135 Å². The fourth-order valence-electron chi connectivity index (χ4n) is 2.46. The predicted molar refractivity (Wildman–Crippen MR) is 89.0 cm³/mol. The molecule has 1 aliphatic heterocycles. The van der Waals surface area contributed by atoms with E-state index < -0.39 is 10.0 Å². The minimum Gasteiger partial charge on any atom is -0.368 e. The van der Waals surface area contributed by atoms with E-state index in [1.165, 1.54) is 0 Å². The lowest BCUT2D eigenvalue weighted by molar-refractivity contribution is 0.384. The van der Waals surface area contributed by atoms with Gasteiger partial charge < -0.3 is 4.90 Å². The second-order valence-corrected chi connectivity index (χ2v) is 8.27. The summed E-state index contributed by atoms with van der Waals surface area (Å²) in [5, 5.41) is 0. The molecule has 0 aliphatic carbocycles. The summed E-state index contributed by atoms with van der Waals surface area (Å²) in [4.78, 5) is 6.33. The molecule has 21 heavy (non-hydrogen) atoms. The van der Waals surface area contributed by atoms with Crippen LogP contribution in [0.25, 0.3) is 0 Å². The van der Waals surface area contributed by atoms with Gasteiger partial charge in [0.05, 0.1) is 17.6 Å². The number of pyridine rings is 1. The van der Waals surface area contributed by atoms with Crippen LogP contribution in [-0.4, -0.2) is 49.6 Å². The molecule has 1 aromatic rings. The number of hydrogen-bond donors (Lipinski definition) is 0. The number of anilines is 1. The van der Waals surface area contributed by atoms with Gasteiger partial charge in [-0.1, -0.05) is 19.8 Å². The lowest BCUT2D eigenvalue weighted by Gasteiger charge is -2.35. The van der Waals surface area contributed by atoms with Gasteiger partial charge in [0.2, 0.25) is 10.0 Å². The van der Waals surface area contributed by atoms with E-state index in [1.807, 2.05) is 12.3 Å². The highest BCUT2D eigenvalue weighted by Gasteiger charge is 2.26. The summed E-state index contributed by atoms with van der Waals surface area (Å²) >= 11 is 3.41. The molecule has 1 fully saturated rings. The summed E-state index contributed by atoms with van der Waals surface area (Å²) < 4.78 is 27.1. The molecule has 1 aliphatic rings. The topological polar surface area (TPSA) is 53.5 Å². The number of sulfonamides is 1. The standard InChI is InChI=1S/C14H22BrN3O2S/c1-2-3-4-9-21(19,20)18-7-5-17(6-8-18)14-10-13(15)11-16-12-14/h10-12H,2-9H2,1H3. The van der Waals surface area contributed by atoms with Crippen LogP contribution in [0.4, 0.5) is 5.69 Å². The van der Waals surface area contributed by atoms with E-state index >= 15 is 0 Å². The Hall–Kier alpha value is -0.660. The molecule has 0 unspecified atom stereocenters. The van der Waals surface area contributed by atoms with Gasteiger partial charge in [0.15, 0.2) is 0 Å². The SMILES string of the molecule is CCCCCS(=O)(=O)N1CCN(c2cncc(Br)c2)CC1. The monoisotopic (exact) mass is 375 g/mol. The quantitative estimate of drug-likeness (QED) is 0.716. The van der Waals surface area contributed by atoms with E-state index in [4.69, 9.17) is 0 Å². The number of nitrogens with zero attached hydrogens (tertiary/aromatic N) is 3. The Kier molecular flexibility index (Phi) is 6.01. The maximum absolute atomic E-state index is 12.2. The molecule has 0 saturated carbocycles. The van der Waals surface area contributed by atoms with Crippen LogP contribution < -0.4 is 4.90 Å². The summed E-state index contributed by atoms with van der Waals surface area (Å²) in [6.45, 7) is 4.62. The third-order valence-electron chi connectivity index (χ3n) is 3.69. The summed E-state index contributed by atoms with van der Waals surface area (Å²) in [5.74, 6) is 0.277. The van der Waals surface area contributed by atoms with Crippen LogP contribution in [0.1, 0.15) is 26.2 Å².